The Morgan fingerprint density at radius 1 is 1.27 bits per heavy atom. The van der Waals surface area contributed by atoms with Crippen molar-refractivity contribution in [3.63, 3.8) is 0 Å². The molecule has 0 bridgehead atoms. The number of benzene rings is 1. The predicted molar refractivity (Wildman–Crippen MR) is 74.9 cm³/mol. The molecular weight excluding hydrogens is 299 g/mol. The van der Waals surface area contributed by atoms with Crippen LogP contribution in [0, 0.1) is 0 Å². The van der Waals surface area contributed by atoms with Crippen LogP contribution in [0.1, 0.15) is 5.56 Å². The number of anilines is 1. The molecular formula is C14H14F3N3O2. The first-order chi connectivity index (χ1) is 10.4. The molecule has 118 valence electrons. The molecule has 2 rings (SSSR count). The molecule has 0 atom stereocenters. The zero-order valence-electron chi connectivity index (χ0n) is 11.7. The smallest absolute Gasteiger partial charge is 0.416 e. The number of hydrogen-bond donors (Lipinski definition) is 1. The van der Waals surface area contributed by atoms with Crippen LogP contribution in [-0.2, 0) is 13.2 Å². The molecule has 2 aromatic rings. The van der Waals surface area contributed by atoms with E-state index in [1.54, 1.807) is 7.05 Å². The van der Waals surface area contributed by atoms with Crippen molar-refractivity contribution < 1.29 is 17.9 Å². The summed E-state index contributed by atoms with van der Waals surface area (Å²) >= 11 is 0. The van der Waals surface area contributed by atoms with Crippen LogP contribution in [0.15, 0.2) is 41.5 Å². The molecule has 0 amide bonds. The summed E-state index contributed by atoms with van der Waals surface area (Å²) in [6.45, 7) is 0.484. The number of hydrogen-bond acceptors (Lipinski definition) is 4. The van der Waals surface area contributed by atoms with Crippen LogP contribution >= 0.6 is 0 Å². The Morgan fingerprint density at radius 2 is 1.95 bits per heavy atom. The van der Waals surface area contributed by atoms with Gasteiger partial charge in [-0.1, -0.05) is 0 Å². The summed E-state index contributed by atoms with van der Waals surface area (Å²) in [6, 6.07) is 4.42. The number of ether oxygens (including phenoxy) is 1. The van der Waals surface area contributed by atoms with E-state index >= 15 is 0 Å². The molecule has 0 saturated carbocycles. The SMILES string of the molecule is Cn1ccnc(NCCOc2ccc(C(F)(F)F)cc2)c1=O. The Hall–Kier alpha value is -2.51. The van der Waals surface area contributed by atoms with Crippen LogP contribution in [0.25, 0.3) is 0 Å². The van der Waals surface area contributed by atoms with Gasteiger partial charge in [0.1, 0.15) is 12.4 Å². The maximum atomic E-state index is 12.4. The van der Waals surface area contributed by atoms with E-state index in [1.807, 2.05) is 0 Å². The van der Waals surface area contributed by atoms with Gasteiger partial charge in [-0.15, -0.1) is 0 Å². The van der Waals surface area contributed by atoms with Crippen molar-refractivity contribution in [3.8, 4) is 5.75 Å². The normalized spacial score (nSPS) is 11.3. The monoisotopic (exact) mass is 313 g/mol. The van der Waals surface area contributed by atoms with Crippen molar-refractivity contribution in [2.45, 2.75) is 6.18 Å². The fraction of sp³-hybridized carbons (Fsp3) is 0.286. The average Bonchev–Trinajstić information content (AvgIpc) is 2.47. The number of halogens is 3. The molecule has 1 aromatic heterocycles. The lowest BCUT2D eigenvalue weighted by Crippen LogP contribution is -2.24. The first-order valence-corrected chi connectivity index (χ1v) is 6.43. The Labute approximate surface area is 124 Å². The summed E-state index contributed by atoms with van der Waals surface area (Å²) in [5.41, 5.74) is -0.994. The molecule has 0 spiro atoms. The third-order valence-electron chi connectivity index (χ3n) is 2.86. The van der Waals surface area contributed by atoms with E-state index < -0.39 is 11.7 Å². The zero-order valence-corrected chi connectivity index (χ0v) is 11.7. The Bertz CT molecular complexity index is 681. The first-order valence-electron chi connectivity index (χ1n) is 6.43. The van der Waals surface area contributed by atoms with Crippen molar-refractivity contribution >= 4 is 5.82 Å². The number of aromatic nitrogens is 2. The van der Waals surface area contributed by atoms with Crippen molar-refractivity contribution in [1.82, 2.24) is 9.55 Å². The van der Waals surface area contributed by atoms with Gasteiger partial charge in [0.05, 0.1) is 12.1 Å². The molecule has 0 radical (unpaired) electrons. The van der Waals surface area contributed by atoms with Crippen LogP contribution in [0.3, 0.4) is 0 Å². The summed E-state index contributed by atoms with van der Waals surface area (Å²) in [5.74, 6) is 0.518. The average molecular weight is 313 g/mol. The summed E-state index contributed by atoms with van der Waals surface area (Å²) in [6.07, 6.45) is -1.34. The van der Waals surface area contributed by atoms with Crippen molar-refractivity contribution in [2.24, 2.45) is 7.05 Å². The molecule has 0 aliphatic carbocycles. The van der Waals surface area contributed by atoms with E-state index in [0.717, 1.165) is 12.1 Å². The van der Waals surface area contributed by atoms with E-state index in [4.69, 9.17) is 4.74 Å². The summed E-state index contributed by atoms with van der Waals surface area (Å²) in [5, 5.41) is 2.81. The summed E-state index contributed by atoms with van der Waals surface area (Å²) in [4.78, 5) is 15.6. The van der Waals surface area contributed by atoms with Crippen LogP contribution in [0.4, 0.5) is 19.0 Å². The van der Waals surface area contributed by atoms with Crippen molar-refractivity contribution in [1.29, 1.82) is 0 Å². The highest BCUT2D eigenvalue weighted by molar-refractivity contribution is 5.31. The van der Waals surface area contributed by atoms with Gasteiger partial charge in [-0.25, -0.2) is 4.98 Å². The fourth-order valence-electron chi connectivity index (χ4n) is 1.70. The third-order valence-corrected chi connectivity index (χ3v) is 2.86. The standard InChI is InChI=1S/C14H14F3N3O2/c1-20-8-6-18-12(13(20)21)19-7-9-22-11-4-2-10(3-5-11)14(15,16)17/h2-6,8H,7,9H2,1H3,(H,18,19). The zero-order chi connectivity index (χ0) is 16.2. The number of rotatable bonds is 5. The summed E-state index contributed by atoms with van der Waals surface area (Å²) < 4.78 is 43.9. The lowest BCUT2D eigenvalue weighted by Gasteiger charge is -2.10. The van der Waals surface area contributed by atoms with E-state index in [1.165, 1.54) is 29.1 Å². The van der Waals surface area contributed by atoms with Gasteiger partial charge in [-0.2, -0.15) is 13.2 Å². The molecule has 0 fully saturated rings. The largest absolute Gasteiger partial charge is 0.492 e. The highest BCUT2D eigenvalue weighted by Crippen LogP contribution is 2.30. The lowest BCUT2D eigenvalue weighted by molar-refractivity contribution is -0.137. The summed E-state index contributed by atoms with van der Waals surface area (Å²) in [7, 11) is 1.61. The van der Waals surface area contributed by atoms with E-state index in [2.05, 4.69) is 10.3 Å². The first kappa shape index (κ1) is 15.9. The molecule has 8 heteroatoms. The Balaban J connectivity index is 1.84. The predicted octanol–water partition coefficient (Wildman–Crippen LogP) is 2.29. The van der Waals surface area contributed by atoms with Gasteiger partial charge in [-0.05, 0) is 24.3 Å². The number of nitrogens with one attached hydrogen (secondary N) is 1. The van der Waals surface area contributed by atoms with Gasteiger partial charge in [-0.3, -0.25) is 4.79 Å². The molecule has 5 nitrogen and oxygen atoms in total. The van der Waals surface area contributed by atoms with E-state index in [-0.39, 0.29) is 18.0 Å². The van der Waals surface area contributed by atoms with Gasteiger partial charge in [0, 0.05) is 19.4 Å². The minimum Gasteiger partial charge on any atom is -0.492 e. The van der Waals surface area contributed by atoms with Crippen LogP contribution < -0.4 is 15.6 Å². The molecule has 1 aromatic carbocycles. The minimum absolute atomic E-state index is 0.186. The van der Waals surface area contributed by atoms with Crippen molar-refractivity contribution in [3.05, 3.63) is 52.6 Å². The van der Waals surface area contributed by atoms with Crippen LogP contribution in [0.5, 0.6) is 5.75 Å². The van der Waals surface area contributed by atoms with Gasteiger partial charge >= 0.3 is 6.18 Å². The van der Waals surface area contributed by atoms with Gasteiger partial charge in [0.15, 0.2) is 5.82 Å². The molecule has 1 heterocycles. The second-order valence-electron chi connectivity index (χ2n) is 4.49. The Kier molecular flexibility index (Phi) is 4.69. The molecule has 0 unspecified atom stereocenters. The molecule has 0 saturated heterocycles. The molecule has 0 aliphatic heterocycles. The highest BCUT2D eigenvalue weighted by Gasteiger charge is 2.29. The number of alkyl halides is 3. The number of nitrogens with zero attached hydrogens (tertiary/aromatic N) is 2. The molecule has 0 aliphatic rings. The molecule has 1 N–H and O–H groups in total. The van der Waals surface area contributed by atoms with Crippen LogP contribution in [-0.4, -0.2) is 22.7 Å². The maximum absolute atomic E-state index is 12.4. The van der Waals surface area contributed by atoms with Crippen LogP contribution in [0.2, 0.25) is 0 Å². The van der Waals surface area contributed by atoms with Gasteiger partial charge < -0.3 is 14.6 Å². The number of aryl methyl sites for hydroxylation is 1. The molecule has 22 heavy (non-hydrogen) atoms. The highest BCUT2D eigenvalue weighted by atomic mass is 19.4. The van der Waals surface area contributed by atoms with Gasteiger partial charge in [0.25, 0.3) is 5.56 Å². The maximum Gasteiger partial charge on any atom is 0.416 e. The van der Waals surface area contributed by atoms with Gasteiger partial charge in [0.2, 0.25) is 0 Å². The van der Waals surface area contributed by atoms with E-state index in [9.17, 15) is 18.0 Å². The topological polar surface area (TPSA) is 56.1 Å². The second kappa shape index (κ2) is 6.50. The third kappa shape index (κ3) is 4.00. The Morgan fingerprint density at radius 3 is 2.59 bits per heavy atom. The lowest BCUT2D eigenvalue weighted by atomic mass is 10.2. The van der Waals surface area contributed by atoms with E-state index in [0.29, 0.717) is 12.3 Å². The fourth-order valence-corrected chi connectivity index (χ4v) is 1.70. The minimum atomic E-state index is -4.36. The van der Waals surface area contributed by atoms with Crippen molar-refractivity contribution in [2.75, 3.05) is 18.5 Å². The quantitative estimate of drug-likeness (QED) is 0.861. The second-order valence-corrected chi connectivity index (χ2v) is 4.49.